The molecule has 0 bridgehead atoms. The Morgan fingerprint density at radius 1 is 1.42 bits per heavy atom. The zero-order valence-electron chi connectivity index (χ0n) is 9.60. The standard InChI is InChI=1S/C11H9Cl2N5O/c12-8-3-1-2-5(9(8)13)6-4-7(6)10(19)14-11-15-17-18-16-11/h1-3,6-7H,4H2,(H2,14,15,16,17,18,19). The second-order valence-corrected chi connectivity index (χ2v) is 5.10. The first-order valence-corrected chi connectivity index (χ1v) is 6.40. The first-order valence-electron chi connectivity index (χ1n) is 5.65. The van der Waals surface area contributed by atoms with Crippen LogP contribution in [0.15, 0.2) is 18.2 Å². The number of hydrogen-bond acceptors (Lipinski definition) is 4. The number of aromatic nitrogens is 4. The van der Waals surface area contributed by atoms with Crippen LogP contribution in [0.1, 0.15) is 17.9 Å². The van der Waals surface area contributed by atoms with Crippen molar-refractivity contribution in [2.45, 2.75) is 12.3 Å². The summed E-state index contributed by atoms with van der Waals surface area (Å²) in [5.74, 6) is 0.00264. The second-order valence-electron chi connectivity index (χ2n) is 4.32. The van der Waals surface area contributed by atoms with Crippen molar-refractivity contribution in [3.05, 3.63) is 33.8 Å². The Balaban J connectivity index is 1.70. The zero-order valence-corrected chi connectivity index (χ0v) is 11.1. The lowest BCUT2D eigenvalue weighted by Gasteiger charge is -2.04. The van der Waals surface area contributed by atoms with Crippen LogP contribution in [-0.4, -0.2) is 26.5 Å². The first-order chi connectivity index (χ1) is 9.16. The van der Waals surface area contributed by atoms with Gasteiger partial charge in [-0.1, -0.05) is 40.4 Å². The van der Waals surface area contributed by atoms with Gasteiger partial charge in [-0.3, -0.25) is 10.1 Å². The first kappa shape index (κ1) is 12.4. The summed E-state index contributed by atoms with van der Waals surface area (Å²) in [6.07, 6.45) is 0.740. The lowest BCUT2D eigenvalue weighted by Crippen LogP contribution is -2.15. The molecule has 0 saturated heterocycles. The van der Waals surface area contributed by atoms with Gasteiger partial charge in [0, 0.05) is 5.92 Å². The minimum absolute atomic E-state index is 0.0955. The van der Waals surface area contributed by atoms with Gasteiger partial charge in [0.15, 0.2) is 0 Å². The molecule has 1 aliphatic rings. The Kier molecular flexibility index (Phi) is 3.12. The molecule has 3 rings (SSSR count). The van der Waals surface area contributed by atoms with Gasteiger partial charge in [-0.15, -0.1) is 5.10 Å². The van der Waals surface area contributed by atoms with E-state index in [0.717, 1.165) is 12.0 Å². The molecule has 1 aromatic heterocycles. The molecule has 8 heteroatoms. The number of nitrogens with zero attached hydrogens (tertiary/aromatic N) is 3. The van der Waals surface area contributed by atoms with E-state index >= 15 is 0 Å². The topological polar surface area (TPSA) is 83.6 Å². The highest BCUT2D eigenvalue weighted by atomic mass is 35.5. The summed E-state index contributed by atoms with van der Waals surface area (Å²) in [7, 11) is 0. The normalized spacial score (nSPS) is 21.2. The Hall–Kier alpha value is -1.66. The molecule has 2 atom stereocenters. The highest BCUT2D eigenvalue weighted by molar-refractivity contribution is 6.42. The van der Waals surface area contributed by atoms with Crippen molar-refractivity contribution in [3.8, 4) is 0 Å². The minimum Gasteiger partial charge on any atom is -0.292 e. The smallest absolute Gasteiger partial charge is 0.269 e. The average Bonchev–Trinajstić information content (AvgIpc) is 3.03. The molecule has 1 heterocycles. The predicted molar refractivity (Wildman–Crippen MR) is 70.1 cm³/mol. The monoisotopic (exact) mass is 297 g/mol. The molecule has 6 nitrogen and oxygen atoms in total. The van der Waals surface area contributed by atoms with Crippen molar-refractivity contribution in [2.24, 2.45) is 5.92 Å². The van der Waals surface area contributed by atoms with Crippen molar-refractivity contribution < 1.29 is 4.79 Å². The van der Waals surface area contributed by atoms with Gasteiger partial charge in [-0.25, -0.2) is 0 Å². The van der Waals surface area contributed by atoms with E-state index in [0.29, 0.717) is 10.0 Å². The molecular weight excluding hydrogens is 289 g/mol. The lowest BCUT2D eigenvalue weighted by molar-refractivity contribution is -0.117. The second kappa shape index (κ2) is 4.79. The van der Waals surface area contributed by atoms with Crippen LogP contribution >= 0.6 is 23.2 Å². The summed E-state index contributed by atoms with van der Waals surface area (Å²) in [5.41, 5.74) is 0.905. The van der Waals surface area contributed by atoms with Crippen molar-refractivity contribution in [2.75, 3.05) is 5.32 Å². The maximum Gasteiger partial charge on any atom is 0.269 e. The third-order valence-corrected chi connectivity index (χ3v) is 3.92. The Bertz CT molecular complexity index is 616. The summed E-state index contributed by atoms with van der Waals surface area (Å²) in [4.78, 5) is 11.9. The number of carbonyl (C=O) groups is 1. The summed E-state index contributed by atoms with van der Waals surface area (Å²) in [6.45, 7) is 0. The lowest BCUT2D eigenvalue weighted by atomic mass is 10.1. The number of halogens is 2. The van der Waals surface area contributed by atoms with Gasteiger partial charge in [0.25, 0.3) is 5.95 Å². The molecule has 2 N–H and O–H groups in total. The van der Waals surface area contributed by atoms with Crippen LogP contribution in [-0.2, 0) is 4.79 Å². The predicted octanol–water partition coefficient (Wildman–Crippen LogP) is 2.25. The van der Waals surface area contributed by atoms with Crippen molar-refractivity contribution in [1.82, 2.24) is 20.6 Å². The molecule has 0 spiro atoms. The fourth-order valence-electron chi connectivity index (χ4n) is 2.05. The number of carbonyl (C=O) groups excluding carboxylic acids is 1. The number of H-pyrrole nitrogens is 1. The van der Waals surface area contributed by atoms with Crippen LogP contribution in [0.25, 0.3) is 0 Å². The van der Waals surface area contributed by atoms with Crippen LogP contribution < -0.4 is 5.32 Å². The number of amides is 1. The van der Waals surface area contributed by atoms with Gasteiger partial charge in [-0.05, 0) is 29.2 Å². The van der Waals surface area contributed by atoms with Crippen LogP contribution in [0.4, 0.5) is 5.95 Å². The molecule has 98 valence electrons. The summed E-state index contributed by atoms with van der Waals surface area (Å²) in [5, 5.41) is 16.6. The fourth-order valence-corrected chi connectivity index (χ4v) is 2.50. The number of tetrazole rings is 1. The van der Waals surface area contributed by atoms with E-state index in [2.05, 4.69) is 25.9 Å². The van der Waals surface area contributed by atoms with Crippen LogP contribution in [0.3, 0.4) is 0 Å². The van der Waals surface area contributed by atoms with Crippen molar-refractivity contribution in [1.29, 1.82) is 0 Å². The van der Waals surface area contributed by atoms with Crippen LogP contribution in [0, 0.1) is 5.92 Å². The maximum absolute atomic E-state index is 11.9. The van der Waals surface area contributed by atoms with Crippen molar-refractivity contribution in [3.63, 3.8) is 0 Å². The van der Waals surface area contributed by atoms with Crippen LogP contribution in [0.5, 0.6) is 0 Å². The van der Waals surface area contributed by atoms with Gasteiger partial charge in [-0.2, -0.15) is 5.21 Å². The average molecular weight is 298 g/mol. The fraction of sp³-hybridized carbons (Fsp3) is 0.273. The minimum atomic E-state index is -0.137. The molecule has 0 aliphatic heterocycles. The van der Waals surface area contributed by atoms with Gasteiger partial charge < -0.3 is 0 Å². The van der Waals surface area contributed by atoms with E-state index in [1.807, 2.05) is 12.1 Å². The van der Waals surface area contributed by atoms with Gasteiger partial charge in [0.2, 0.25) is 5.91 Å². The highest BCUT2D eigenvalue weighted by Gasteiger charge is 2.45. The summed E-state index contributed by atoms with van der Waals surface area (Å²) < 4.78 is 0. The summed E-state index contributed by atoms with van der Waals surface area (Å²) in [6, 6.07) is 5.45. The molecule has 1 aromatic carbocycles. The molecule has 2 unspecified atom stereocenters. The quantitative estimate of drug-likeness (QED) is 0.910. The van der Waals surface area contributed by atoms with E-state index in [4.69, 9.17) is 23.2 Å². The molecule has 1 aliphatic carbocycles. The van der Waals surface area contributed by atoms with E-state index in [-0.39, 0.29) is 23.7 Å². The molecule has 19 heavy (non-hydrogen) atoms. The molecular formula is C11H9Cl2N5O. The van der Waals surface area contributed by atoms with E-state index in [1.54, 1.807) is 6.07 Å². The number of aromatic amines is 1. The van der Waals surface area contributed by atoms with Gasteiger partial charge >= 0.3 is 0 Å². The molecule has 1 fully saturated rings. The number of nitrogens with one attached hydrogen (secondary N) is 2. The largest absolute Gasteiger partial charge is 0.292 e. The maximum atomic E-state index is 11.9. The molecule has 1 amide bonds. The zero-order chi connectivity index (χ0) is 13.4. The Morgan fingerprint density at radius 3 is 3.00 bits per heavy atom. The molecule has 2 aromatic rings. The van der Waals surface area contributed by atoms with Crippen molar-refractivity contribution >= 4 is 35.1 Å². The Labute approximate surface area is 118 Å². The number of benzene rings is 1. The third-order valence-electron chi connectivity index (χ3n) is 3.09. The highest BCUT2D eigenvalue weighted by Crippen LogP contribution is 2.50. The van der Waals surface area contributed by atoms with E-state index in [9.17, 15) is 4.79 Å². The SMILES string of the molecule is O=C(Nc1nn[nH]n1)C1CC1c1cccc(Cl)c1Cl. The number of hydrogen-bond donors (Lipinski definition) is 2. The summed E-state index contributed by atoms with van der Waals surface area (Å²) >= 11 is 12.1. The number of rotatable bonds is 3. The third kappa shape index (κ3) is 2.41. The van der Waals surface area contributed by atoms with Crippen LogP contribution in [0.2, 0.25) is 10.0 Å². The van der Waals surface area contributed by atoms with Gasteiger partial charge in [0.05, 0.1) is 10.0 Å². The molecule has 1 saturated carbocycles. The van der Waals surface area contributed by atoms with E-state index < -0.39 is 0 Å². The van der Waals surface area contributed by atoms with Gasteiger partial charge in [0.1, 0.15) is 0 Å². The van der Waals surface area contributed by atoms with E-state index in [1.165, 1.54) is 0 Å². The Morgan fingerprint density at radius 2 is 2.26 bits per heavy atom. The molecule has 0 radical (unpaired) electrons. The number of anilines is 1.